The summed E-state index contributed by atoms with van der Waals surface area (Å²) in [4.78, 5) is 15.1. The van der Waals surface area contributed by atoms with E-state index in [0.717, 1.165) is 5.69 Å². The van der Waals surface area contributed by atoms with E-state index in [1.54, 1.807) is 11.3 Å². The summed E-state index contributed by atoms with van der Waals surface area (Å²) in [6, 6.07) is 10.3. The number of anilines is 1. The van der Waals surface area contributed by atoms with Gasteiger partial charge < -0.3 is 10.2 Å². The van der Waals surface area contributed by atoms with E-state index in [-0.39, 0.29) is 5.91 Å². The fourth-order valence-corrected chi connectivity index (χ4v) is 2.83. The molecule has 0 radical (unpaired) electrons. The van der Waals surface area contributed by atoms with E-state index >= 15 is 0 Å². The quantitative estimate of drug-likeness (QED) is 0.917. The molecule has 2 rings (SSSR count). The minimum Gasteiger partial charge on any atom is -0.365 e. The molecule has 1 aromatic heterocycles. The molecule has 0 unspecified atom stereocenters. The lowest BCUT2D eigenvalue weighted by Gasteiger charge is -2.21. The minimum atomic E-state index is 0.0425. The average molecular weight is 288 g/mol. The highest BCUT2D eigenvalue weighted by Crippen LogP contribution is 2.19. The van der Waals surface area contributed by atoms with Gasteiger partial charge in [-0.25, -0.2) is 0 Å². The van der Waals surface area contributed by atoms with Crippen molar-refractivity contribution < 1.29 is 4.79 Å². The van der Waals surface area contributed by atoms with Crippen LogP contribution < -0.4 is 10.2 Å². The van der Waals surface area contributed by atoms with Crippen molar-refractivity contribution >= 4 is 22.9 Å². The lowest BCUT2D eigenvalue weighted by atomic mass is 10.1. The molecule has 0 bridgehead atoms. The Labute approximate surface area is 124 Å². The van der Waals surface area contributed by atoms with Crippen molar-refractivity contribution in [3.05, 3.63) is 51.7 Å². The molecule has 0 aliphatic rings. The standard InChI is InChI=1S/C16H20N2OS/c1-12-6-7-15(13(2)9-12)18(3)11-16(19)17-10-14-5-4-8-20-14/h4-9H,10-11H2,1-3H3,(H,17,19). The Balaban J connectivity index is 1.90. The first kappa shape index (κ1) is 14.6. The summed E-state index contributed by atoms with van der Waals surface area (Å²) in [5.41, 5.74) is 3.53. The lowest BCUT2D eigenvalue weighted by molar-refractivity contribution is -0.119. The van der Waals surface area contributed by atoms with Gasteiger partial charge in [0.05, 0.1) is 13.1 Å². The van der Waals surface area contributed by atoms with Crippen LogP contribution in [0.2, 0.25) is 0 Å². The molecular formula is C16H20N2OS. The van der Waals surface area contributed by atoms with E-state index in [1.807, 2.05) is 29.5 Å². The average Bonchev–Trinajstić information content (AvgIpc) is 2.89. The molecule has 4 heteroatoms. The smallest absolute Gasteiger partial charge is 0.239 e. The van der Waals surface area contributed by atoms with Crippen LogP contribution in [-0.4, -0.2) is 19.5 Å². The highest BCUT2D eigenvalue weighted by Gasteiger charge is 2.09. The summed E-state index contributed by atoms with van der Waals surface area (Å²) in [5, 5.41) is 4.96. The summed E-state index contributed by atoms with van der Waals surface area (Å²) in [7, 11) is 1.95. The van der Waals surface area contributed by atoms with Gasteiger partial charge in [-0.05, 0) is 36.9 Å². The fraction of sp³-hybridized carbons (Fsp3) is 0.312. The van der Waals surface area contributed by atoms with Gasteiger partial charge in [0.25, 0.3) is 0 Å². The zero-order valence-electron chi connectivity index (χ0n) is 12.1. The van der Waals surface area contributed by atoms with Crippen LogP contribution in [-0.2, 0) is 11.3 Å². The van der Waals surface area contributed by atoms with E-state index in [0.29, 0.717) is 13.1 Å². The molecule has 0 fully saturated rings. The number of nitrogens with one attached hydrogen (secondary N) is 1. The Kier molecular flexibility index (Phi) is 4.79. The van der Waals surface area contributed by atoms with E-state index in [9.17, 15) is 4.79 Å². The van der Waals surface area contributed by atoms with Crippen LogP contribution in [0.15, 0.2) is 35.7 Å². The summed E-state index contributed by atoms with van der Waals surface area (Å²) in [5.74, 6) is 0.0425. The first-order valence-corrected chi connectivity index (χ1v) is 7.51. The molecule has 106 valence electrons. The van der Waals surface area contributed by atoms with Crippen molar-refractivity contribution in [3.63, 3.8) is 0 Å². The summed E-state index contributed by atoms with van der Waals surface area (Å²) < 4.78 is 0. The molecule has 1 heterocycles. The first-order valence-electron chi connectivity index (χ1n) is 6.64. The Morgan fingerprint density at radius 3 is 2.75 bits per heavy atom. The lowest BCUT2D eigenvalue weighted by Crippen LogP contribution is -2.34. The van der Waals surface area contributed by atoms with Crippen molar-refractivity contribution in [2.45, 2.75) is 20.4 Å². The van der Waals surface area contributed by atoms with Gasteiger partial charge in [-0.1, -0.05) is 23.8 Å². The van der Waals surface area contributed by atoms with Crippen molar-refractivity contribution in [3.8, 4) is 0 Å². The second-order valence-electron chi connectivity index (χ2n) is 5.00. The Morgan fingerprint density at radius 1 is 1.30 bits per heavy atom. The molecule has 2 aromatic rings. The maximum absolute atomic E-state index is 12.0. The molecule has 1 aromatic carbocycles. The number of benzene rings is 1. The number of amides is 1. The molecule has 0 aliphatic heterocycles. The van der Waals surface area contributed by atoms with E-state index < -0.39 is 0 Å². The van der Waals surface area contributed by atoms with Gasteiger partial charge in [-0.2, -0.15) is 0 Å². The topological polar surface area (TPSA) is 32.3 Å². The number of hydrogen-bond donors (Lipinski definition) is 1. The predicted molar refractivity (Wildman–Crippen MR) is 85.4 cm³/mol. The van der Waals surface area contributed by atoms with Crippen LogP contribution in [0.1, 0.15) is 16.0 Å². The molecule has 0 saturated carbocycles. The van der Waals surface area contributed by atoms with Crippen molar-refractivity contribution in [1.82, 2.24) is 5.32 Å². The Bertz CT molecular complexity index is 578. The fourth-order valence-electron chi connectivity index (χ4n) is 2.19. The highest BCUT2D eigenvalue weighted by atomic mass is 32.1. The zero-order valence-corrected chi connectivity index (χ0v) is 13.0. The molecule has 3 nitrogen and oxygen atoms in total. The van der Waals surface area contributed by atoms with Gasteiger partial charge in [-0.3, -0.25) is 4.79 Å². The summed E-state index contributed by atoms with van der Waals surface area (Å²) in [6.45, 7) is 5.12. The number of carbonyl (C=O) groups excluding carboxylic acids is 1. The maximum Gasteiger partial charge on any atom is 0.239 e. The van der Waals surface area contributed by atoms with Crippen LogP contribution in [0.5, 0.6) is 0 Å². The van der Waals surface area contributed by atoms with Crippen molar-refractivity contribution in [2.75, 3.05) is 18.5 Å². The second kappa shape index (κ2) is 6.57. The molecule has 0 spiro atoms. The van der Waals surface area contributed by atoms with Gasteiger partial charge >= 0.3 is 0 Å². The van der Waals surface area contributed by atoms with Gasteiger partial charge in [0.2, 0.25) is 5.91 Å². The van der Waals surface area contributed by atoms with Crippen LogP contribution in [0, 0.1) is 13.8 Å². The normalized spacial score (nSPS) is 10.3. The third kappa shape index (κ3) is 3.84. The maximum atomic E-state index is 12.0. The number of rotatable bonds is 5. The van der Waals surface area contributed by atoms with Gasteiger partial charge in [0.1, 0.15) is 0 Å². The predicted octanol–water partition coefficient (Wildman–Crippen LogP) is 3.12. The molecule has 20 heavy (non-hydrogen) atoms. The van der Waals surface area contributed by atoms with E-state index in [4.69, 9.17) is 0 Å². The van der Waals surface area contributed by atoms with Crippen molar-refractivity contribution in [2.24, 2.45) is 0 Å². The summed E-state index contributed by atoms with van der Waals surface area (Å²) >= 11 is 1.66. The van der Waals surface area contributed by atoms with Crippen LogP contribution in [0.4, 0.5) is 5.69 Å². The second-order valence-corrected chi connectivity index (χ2v) is 6.03. The van der Waals surface area contributed by atoms with Gasteiger partial charge in [-0.15, -0.1) is 11.3 Å². The summed E-state index contributed by atoms with van der Waals surface area (Å²) in [6.07, 6.45) is 0. The number of aryl methyl sites for hydroxylation is 2. The highest BCUT2D eigenvalue weighted by molar-refractivity contribution is 7.09. The Hall–Kier alpha value is -1.81. The number of hydrogen-bond acceptors (Lipinski definition) is 3. The van der Waals surface area contributed by atoms with Crippen LogP contribution >= 0.6 is 11.3 Å². The first-order chi connectivity index (χ1) is 9.56. The monoisotopic (exact) mass is 288 g/mol. The minimum absolute atomic E-state index is 0.0425. The number of carbonyl (C=O) groups is 1. The zero-order chi connectivity index (χ0) is 14.5. The van der Waals surface area contributed by atoms with E-state index in [2.05, 4.69) is 37.4 Å². The van der Waals surface area contributed by atoms with Gasteiger partial charge in [0, 0.05) is 17.6 Å². The van der Waals surface area contributed by atoms with Crippen LogP contribution in [0.3, 0.4) is 0 Å². The molecule has 1 amide bonds. The SMILES string of the molecule is Cc1ccc(N(C)CC(=O)NCc2cccs2)c(C)c1. The Morgan fingerprint density at radius 2 is 2.10 bits per heavy atom. The van der Waals surface area contributed by atoms with Crippen molar-refractivity contribution in [1.29, 1.82) is 0 Å². The third-order valence-corrected chi connectivity index (χ3v) is 4.06. The molecule has 0 atom stereocenters. The molecule has 0 aliphatic carbocycles. The largest absolute Gasteiger partial charge is 0.365 e. The molecule has 1 N–H and O–H groups in total. The van der Waals surface area contributed by atoms with E-state index in [1.165, 1.54) is 16.0 Å². The number of thiophene rings is 1. The number of likely N-dealkylation sites (N-methyl/N-ethyl adjacent to an activating group) is 1. The molecule has 0 saturated heterocycles. The molecular weight excluding hydrogens is 268 g/mol. The third-order valence-electron chi connectivity index (χ3n) is 3.18. The van der Waals surface area contributed by atoms with Gasteiger partial charge in [0.15, 0.2) is 0 Å². The number of nitrogens with zero attached hydrogens (tertiary/aromatic N) is 1. The van der Waals surface area contributed by atoms with Crippen LogP contribution in [0.25, 0.3) is 0 Å².